The van der Waals surface area contributed by atoms with Crippen LogP contribution in [-0.2, 0) is 5.41 Å². The molecule has 1 atom stereocenters. The van der Waals surface area contributed by atoms with Gasteiger partial charge in [0.1, 0.15) is 11.4 Å². The zero-order chi connectivity index (χ0) is 20.2. The number of rotatable bonds is 3. The summed E-state index contributed by atoms with van der Waals surface area (Å²) in [6, 6.07) is 18.7. The molecule has 0 bridgehead atoms. The molecule has 0 aliphatic carbocycles. The summed E-state index contributed by atoms with van der Waals surface area (Å²) in [6.07, 6.45) is 1.92. The Morgan fingerprint density at radius 2 is 1.93 bits per heavy atom. The van der Waals surface area contributed by atoms with Crippen LogP contribution in [0.5, 0.6) is 5.75 Å². The molecule has 2 aliphatic heterocycles. The number of hydrogen-bond donors (Lipinski definition) is 0. The standard InChI is InChI=1S/C24H23N3O2/c1-16-8-10-20-19(14-16)23(2,3)24(27(20)13-12-26-28)15-25-22-18-7-5-4-6-17(18)9-11-21(22)29-24/h4-11,14-15H,12-13H2,1-3H3. The van der Waals surface area contributed by atoms with E-state index in [9.17, 15) is 4.91 Å². The van der Waals surface area contributed by atoms with Crippen LogP contribution in [0, 0.1) is 11.8 Å². The largest absolute Gasteiger partial charge is 0.459 e. The lowest BCUT2D eigenvalue weighted by Gasteiger charge is -2.46. The summed E-state index contributed by atoms with van der Waals surface area (Å²) in [5.74, 6) is 0.757. The first kappa shape index (κ1) is 17.9. The Morgan fingerprint density at radius 1 is 1.10 bits per heavy atom. The molecule has 5 rings (SSSR count). The van der Waals surface area contributed by atoms with Gasteiger partial charge in [0, 0.05) is 17.6 Å². The van der Waals surface area contributed by atoms with Gasteiger partial charge in [0.15, 0.2) is 0 Å². The van der Waals surface area contributed by atoms with E-state index in [-0.39, 0.29) is 12.0 Å². The molecule has 2 aliphatic rings. The number of ether oxygens (including phenoxy) is 1. The van der Waals surface area contributed by atoms with Crippen LogP contribution in [0.15, 0.2) is 64.8 Å². The topological polar surface area (TPSA) is 54.3 Å². The van der Waals surface area contributed by atoms with Crippen molar-refractivity contribution in [2.75, 3.05) is 18.0 Å². The number of hydrogen-bond acceptors (Lipinski definition) is 5. The van der Waals surface area contributed by atoms with Gasteiger partial charge in [-0.1, -0.05) is 53.2 Å². The van der Waals surface area contributed by atoms with Gasteiger partial charge in [-0.3, -0.25) is 4.99 Å². The number of aliphatic imine (C=N–C) groups is 1. The first-order valence-corrected chi connectivity index (χ1v) is 9.92. The Bertz CT molecular complexity index is 1170. The van der Waals surface area contributed by atoms with Crippen LogP contribution in [0.4, 0.5) is 11.4 Å². The third kappa shape index (κ3) is 2.36. The second-order valence-electron chi connectivity index (χ2n) is 8.34. The minimum Gasteiger partial charge on any atom is -0.459 e. The van der Waals surface area contributed by atoms with Crippen molar-refractivity contribution in [2.45, 2.75) is 31.9 Å². The van der Waals surface area contributed by atoms with Gasteiger partial charge in [0.2, 0.25) is 5.72 Å². The van der Waals surface area contributed by atoms with Crippen molar-refractivity contribution in [3.8, 4) is 5.75 Å². The highest BCUT2D eigenvalue weighted by Crippen LogP contribution is 2.54. The van der Waals surface area contributed by atoms with Crippen LogP contribution in [0.1, 0.15) is 25.0 Å². The molecule has 5 heteroatoms. The van der Waals surface area contributed by atoms with E-state index in [1.165, 1.54) is 11.1 Å². The van der Waals surface area contributed by atoms with E-state index in [2.05, 4.69) is 67.2 Å². The summed E-state index contributed by atoms with van der Waals surface area (Å²) < 4.78 is 6.77. The van der Waals surface area contributed by atoms with E-state index >= 15 is 0 Å². The van der Waals surface area contributed by atoms with Gasteiger partial charge >= 0.3 is 0 Å². The molecule has 0 aromatic heterocycles. The Balaban J connectivity index is 1.70. The summed E-state index contributed by atoms with van der Waals surface area (Å²) in [5.41, 5.74) is 3.12. The van der Waals surface area contributed by atoms with Crippen LogP contribution in [0.3, 0.4) is 0 Å². The predicted octanol–water partition coefficient (Wildman–Crippen LogP) is 5.50. The first-order chi connectivity index (χ1) is 14.0. The molecular weight excluding hydrogens is 362 g/mol. The quantitative estimate of drug-likeness (QED) is 0.559. The molecule has 0 fully saturated rings. The molecule has 0 radical (unpaired) electrons. The molecular formula is C24H23N3O2. The van der Waals surface area contributed by atoms with Crippen molar-refractivity contribution < 1.29 is 4.74 Å². The zero-order valence-corrected chi connectivity index (χ0v) is 16.8. The highest BCUT2D eigenvalue weighted by molar-refractivity contribution is 5.99. The smallest absolute Gasteiger partial charge is 0.228 e. The molecule has 0 amide bonds. The van der Waals surface area contributed by atoms with Gasteiger partial charge < -0.3 is 9.64 Å². The third-order valence-corrected chi connectivity index (χ3v) is 6.33. The lowest BCUT2D eigenvalue weighted by atomic mass is 9.77. The van der Waals surface area contributed by atoms with Gasteiger partial charge in [-0.15, -0.1) is 0 Å². The maximum atomic E-state index is 11.0. The Labute approximate surface area is 170 Å². The van der Waals surface area contributed by atoms with Crippen molar-refractivity contribution in [2.24, 2.45) is 10.2 Å². The molecule has 2 heterocycles. The number of aryl methyl sites for hydroxylation is 1. The predicted molar refractivity (Wildman–Crippen MR) is 118 cm³/mol. The Hall–Kier alpha value is -3.21. The van der Waals surface area contributed by atoms with Crippen molar-refractivity contribution in [1.29, 1.82) is 0 Å². The molecule has 5 nitrogen and oxygen atoms in total. The van der Waals surface area contributed by atoms with Crippen molar-refractivity contribution in [3.05, 3.63) is 70.6 Å². The number of fused-ring (bicyclic) bond motifs is 4. The molecule has 3 aromatic rings. The van der Waals surface area contributed by atoms with Gasteiger partial charge in [-0.2, -0.15) is 4.91 Å². The van der Waals surface area contributed by atoms with E-state index in [0.717, 1.165) is 27.9 Å². The summed E-state index contributed by atoms with van der Waals surface area (Å²) in [6.45, 7) is 7.11. The minimum atomic E-state index is -0.816. The average Bonchev–Trinajstić information content (AvgIpc) is 2.90. The minimum absolute atomic E-state index is 0.187. The molecule has 29 heavy (non-hydrogen) atoms. The molecule has 0 saturated carbocycles. The van der Waals surface area contributed by atoms with E-state index < -0.39 is 5.72 Å². The number of nitrogens with zero attached hydrogens (tertiary/aromatic N) is 3. The first-order valence-electron chi connectivity index (χ1n) is 9.92. The van der Waals surface area contributed by atoms with Crippen molar-refractivity contribution >= 4 is 28.4 Å². The van der Waals surface area contributed by atoms with E-state index in [1.807, 2.05) is 24.4 Å². The molecule has 0 saturated heterocycles. The normalized spacial score (nSPS) is 21.1. The van der Waals surface area contributed by atoms with Crippen molar-refractivity contribution in [3.63, 3.8) is 0 Å². The number of anilines is 1. The fourth-order valence-corrected chi connectivity index (χ4v) is 4.73. The van der Waals surface area contributed by atoms with Gasteiger partial charge in [-0.05, 0) is 43.9 Å². The van der Waals surface area contributed by atoms with Crippen LogP contribution < -0.4 is 9.64 Å². The van der Waals surface area contributed by atoms with E-state index in [4.69, 9.17) is 9.73 Å². The SMILES string of the molecule is Cc1ccc2c(c1)C(C)(C)C1(C=Nc3c(ccc4ccccc34)O1)N2CCN=O. The van der Waals surface area contributed by atoms with Gasteiger partial charge in [0.25, 0.3) is 0 Å². The van der Waals surface area contributed by atoms with Crippen LogP contribution in [0.25, 0.3) is 10.8 Å². The number of benzene rings is 3. The maximum absolute atomic E-state index is 11.0. The second kappa shape index (κ2) is 6.14. The Kier molecular flexibility index (Phi) is 3.78. The fourth-order valence-electron chi connectivity index (χ4n) is 4.73. The van der Waals surface area contributed by atoms with Crippen molar-refractivity contribution in [1.82, 2.24) is 0 Å². The lowest BCUT2D eigenvalue weighted by molar-refractivity contribution is 0.0784. The average molecular weight is 385 g/mol. The number of nitroso groups, excluding NO2 is 1. The highest BCUT2D eigenvalue weighted by Gasteiger charge is 2.59. The van der Waals surface area contributed by atoms with Crippen LogP contribution in [0.2, 0.25) is 0 Å². The van der Waals surface area contributed by atoms with Gasteiger partial charge in [-0.25, -0.2) is 0 Å². The zero-order valence-electron chi connectivity index (χ0n) is 16.8. The summed E-state index contributed by atoms with van der Waals surface area (Å²) in [7, 11) is 0. The molecule has 1 unspecified atom stereocenters. The lowest BCUT2D eigenvalue weighted by Crippen LogP contribution is -2.62. The van der Waals surface area contributed by atoms with Crippen LogP contribution in [-0.4, -0.2) is 25.0 Å². The third-order valence-electron chi connectivity index (χ3n) is 6.33. The maximum Gasteiger partial charge on any atom is 0.228 e. The van der Waals surface area contributed by atoms with E-state index in [1.54, 1.807) is 0 Å². The molecule has 3 aromatic carbocycles. The second-order valence-corrected chi connectivity index (χ2v) is 8.34. The highest BCUT2D eigenvalue weighted by atomic mass is 16.5. The molecule has 1 spiro atoms. The Morgan fingerprint density at radius 3 is 2.76 bits per heavy atom. The van der Waals surface area contributed by atoms with E-state index in [0.29, 0.717) is 6.54 Å². The molecule has 0 N–H and O–H groups in total. The summed E-state index contributed by atoms with van der Waals surface area (Å²) in [4.78, 5) is 18.0. The summed E-state index contributed by atoms with van der Waals surface area (Å²) >= 11 is 0. The fraction of sp³-hybridized carbons (Fsp3) is 0.292. The molecule has 146 valence electrons. The van der Waals surface area contributed by atoms with Crippen LogP contribution >= 0.6 is 0 Å². The summed E-state index contributed by atoms with van der Waals surface area (Å²) in [5, 5.41) is 5.31. The monoisotopic (exact) mass is 385 g/mol. The van der Waals surface area contributed by atoms with Gasteiger partial charge in [0.05, 0.1) is 18.2 Å².